The summed E-state index contributed by atoms with van der Waals surface area (Å²) in [6, 6.07) is 16.0. The maximum atomic E-state index is 13.4. The van der Waals surface area contributed by atoms with E-state index in [0.717, 1.165) is 17.5 Å². The molecule has 1 aliphatic carbocycles. The van der Waals surface area contributed by atoms with Gasteiger partial charge in [-0.1, -0.05) is 54.1 Å². The number of aliphatic hydroxyl groups excluding tert-OH is 1. The molecule has 1 N–H and O–H groups in total. The molecule has 0 radical (unpaired) electrons. The molecule has 0 spiro atoms. The van der Waals surface area contributed by atoms with Gasteiger partial charge in [-0.05, 0) is 49.8 Å². The molecule has 27 heavy (non-hydrogen) atoms. The lowest BCUT2D eigenvalue weighted by molar-refractivity contribution is 0.0403. The Hall–Kier alpha value is -1.95. The van der Waals surface area contributed by atoms with Crippen molar-refractivity contribution in [3.63, 3.8) is 0 Å². The van der Waals surface area contributed by atoms with Crippen molar-refractivity contribution >= 4 is 10.0 Å². The van der Waals surface area contributed by atoms with E-state index in [-0.39, 0.29) is 17.4 Å². The summed E-state index contributed by atoms with van der Waals surface area (Å²) >= 11 is 0. The third-order valence-corrected chi connectivity index (χ3v) is 7.22. The highest BCUT2D eigenvalue weighted by atomic mass is 32.2. The van der Waals surface area contributed by atoms with Crippen molar-refractivity contribution in [2.24, 2.45) is 5.92 Å². The Bertz CT molecular complexity index is 862. The molecule has 0 heterocycles. The third kappa shape index (κ3) is 4.49. The quantitative estimate of drug-likeness (QED) is 0.767. The van der Waals surface area contributed by atoms with Crippen LogP contribution in [0, 0.1) is 12.8 Å². The van der Waals surface area contributed by atoms with Crippen LogP contribution in [0.25, 0.3) is 0 Å². The van der Waals surface area contributed by atoms with E-state index in [1.54, 1.807) is 24.3 Å². The molecule has 0 bridgehead atoms. The number of rotatable bonds is 6. The lowest BCUT2D eigenvalue weighted by Gasteiger charge is -2.39. The smallest absolute Gasteiger partial charge is 0.243 e. The van der Waals surface area contributed by atoms with Crippen molar-refractivity contribution in [2.45, 2.75) is 49.8 Å². The van der Waals surface area contributed by atoms with Crippen LogP contribution >= 0.6 is 0 Å². The molecule has 4 nitrogen and oxygen atoms in total. The molecule has 0 amide bonds. The molecule has 1 aliphatic rings. The second-order valence-corrected chi connectivity index (χ2v) is 9.18. The van der Waals surface area contributed by atoms with E-state index < -0.39 is 22.2 Å². The normalized spacial score (nSPS) is 23.3. The van der Waals surface area contributed by atoms with Crippen LogP contribution in [-0.4, -0.2) is 30.0 Å². The van der Waals surface area contributed by atoms with Gasteiger partial charge in [-0.15, -0.1) is 6.58 Å². The molecule has 2 aromatic carbocycles. The van der Waals surface area contributed by atoms with Gasteiger partial charge in [0.15, 0.2) is 0 Å². The standard InChI is InChI=1S/C22H27NO3S/c1-3-18-11-14-21(22(24)15-18)23(16-19-7-5-4-6-8-19)27(25,26)20-12-9-17(2)10-13-20/h3-10,12-13,18,21-22,24H,1,11,14-16H2,2H3/t18-,21-,22-/m1/s1. The fourth-order valence-corrected chi connectivity index (χ4v) is 5.37. The lowest BCUT2D eigenvalue weighted by Crippen LogP contribution is -2.49. The predicted molar refractivity (Wildman–Crippen MR) is 108 cm³/mol. The van der Waals surface area contributed by atoms with Crippen LogP contribution in [0.4, 0.5) is 0 Å². The maximum absolute atomic E-state index is 13.4. The van der Waals surface area contributed by atoms with Crippen molar-refractivity contribution in [1.82, 2.24) is 4.31 Å². The molecule has 0 aromatic heterocycles. The van der Waals surface area contributed by atoms with Gasteiger partial charge in [0.2, 0.25) is 10.0 Å². The van der Waals surface area contributed by atoms with Gasteiger partial charge in [0.1, 0.15) is 0 Å². The number of allylic oxidation sites excluding steroid dienone is 1. The van der Waals surface area contributed by atoms with E-state index in [0.29, 0.717) is 12.8 Å². The number of benzene rings is 2. The van der Waals surface area contributed by atoms with Crippen molar-refractivity contribution in [1.29, 1.82) is 0 Å². The summed E-state index contributed by atoms with van der Waals surface area (Å²) in [5.74, 6) is 0.233. The third-order valence-electron chi connectivity index (χ3n) is 5.33. The summed E-state index contributed by atoms with van der Waals surface area (Å²) in [6.07, 6.45) is 3.15. The number of sulfonamides is 1. The molecule has 3 rings (SSSR count). The fraction of sp³-hybridized carbons (Fsp3) is 0.364. The van der Waals surface area contributed by atoms with Crippen molar-refractivity contribution in [3.8, 4) is 0 Å². The van der Waals surface area contributed by atoms with Gasteiger partial charge in [-0.25, -0.2) is 8.42 Å². The van der Waals surface area contributed by atoms with Gasteiger partial charge >= 0.3 is 0 Å². The Labute approximate surface area is 162 Å². The minimum absolute atomic E-state index is 0.233. The Morgan fingerprint density at radius 2 is 1.78 bits per heavy atom. The van der Waals surface area contributed by atoms with E-state index in [1.807, 2.05) is 43.3 Å². The first-order chi connectivity index (χ1) is 12.9. The number of hydrogen-bond acceptors (Lipinski definition) is 3. The summed E-state index contributed by atoms with van der Waals surface area (Å²) < 4.78 is 28.4. The Morgan fingerprint density at radius 1 is 1.11 bits per heavy atom. The molecule has 144 valence electrons. The minimum Gasteiger partial charge on any atom is -0.391 e. The lowest BCUT2D eigenvalue weighted by atomic mass is 9.84. The number of aliphatic hydroxyl groups is 1. The van der Waals surface area contributed by atoms with E-state index in [4.69, 9.17) is 0 Å². The van der Waals surface area contributed by atoms with Crippen LogP contribution in [0.5, 0.6) is 0 Å². The Balaban J connectivity index is 1.96. The van der Waals surface area contributed by atoms with Crippen LogP contribution < -0.4 is 0 Å². The first-order valence-electron chi connectivity index (χ1n) is 9.35. The second-order valence-electron chi connectivity index (χ2n) is 7.29. The second kappa shape index (κ2) is 8.38. The zero-order valence-electron chi connectivity index (χ0n) is 15.7. The number of nitrogens with zero attached hydrogens (tertiary/aromatic N) is 1. The van der Waals surface area contributed by atoms with Crippen LogP contribution in [0.2, 0.25) is 0 Å². The summed E-state index contributed by atoms with van der Waals surface area (Å²) in [5.41, 5.74) is 1.92. The fourth-order valence-electron chi connectivity index (χ4n) is 3.70. The molecule has 2 aromatic rings. The monoisotopic (exact) mass is 385 g/mol. The zero-order chi connectivity index (χ0) is 19.4. The van der Waals surface area contributed by atoms with Crippen molar-refractivity contribution in [3.05, 3.63) is 78.4 Å². The van der Waals surface area contributed by atoms with Crippen LogP contribution in [0.3, 0.4) is 0 Å². The summed E-state index contributed by atoms with van der Waals surface area (Å²) in [4.78, 5) is 0.266. The first kappa shape index (κ1) is 19.8. The topological polar surface area (TPSA) is 57.6 Å². The summed E-state index contributed by atoms with van der Waals surface area (Å²) in [6.45, 7) is 5.99. The molecule has 5 heteroatoms. The molecular weight excluding hydrogens is 358 g/mol. The van der Waals surface area contributed by atoms with Gasteiger partial charge < -0.3 is 5.11 Å². The molecule has 1 saturated carbocycles. The van der Waals surface area contributed by atoms with Gasteiger partial charge in [0, 0.05) is 6.54 Å². The maximum Gasteiger partial charge on any atom is 0.243 e. The molecule has 1 fully saturated rings. The molecule has 0 aliphatic heterocycles. The highest BCUT2D eigenvalue weighted by Gasteiger charge is 2.38. The molecular formula is C22H27NO3S. The number of aryl methyl sites for hydroxylation is 1. The average molecular weight is 386 g/mol. The Morgan fingerprint density at radius 3 is 2.37 bits per heavy atom. The van der Waals surface area contributed by atoms with Gasteiger partial charge in [-0.2, -0.15) is 4.31 Å². The number of hydrogen-bond donors (Lipinski definition) is 1. The van der Waals surface area contributed by atoms with Crippen molar-refractivity contribution < 1.29 is 13.5 Å². The molecule has 3 atom stereocenters. The van der Waals surface area contributed by atoms with Crippen LogP contribution in [-0.2, 0) is 16.6 Å². The molecule has 0 unspecified atom stereocenters. The van der Waals surface area contributed by atoms with Gasteiger partial charge in [-0.3, -0.25) is 0 Å². The van der Waals surface area contributed by atoms with E-state index in [9.17, 15) is 13.5 Å². The molecule has 0 saturated heterocycles. The van der Waals surface area contributed by atoms with Gasteiger partial charge in [0.25, 0.3) is 0 Å². The predicted octanol–water partition coefficient (Wildman–Crippen LogP) is 3.90. The minimum atomic E-state index is -3.73. The average Bonchev–Trinajstić information content (AvgIpc) is 2.67. The highest BCUT2D eigenvalue weighted by Crippen LogP contribution is 2.33. The Kier molecular flexibility index (Phi) is 6.15. The van der Waals surface area contributed by atoms with E-state index >= 15 is 0 Å². The summed E-state index contributed by atoms with van der Waals surface area (Å²) in [7, 11) is -3.73. The SMILES string of the molecule is C=C[C@@H]1CC[C@@H](N(Cc2ccccc2)S(=O)(=O)c2ccc(C)cc2)[C@H](O)C1. The zero-order valence-corrected chi connectivity index (χ0v) is 16.5. The van der Waals surface area contributed by atoms with Crippen LogP contribution in [0.15, 0.2) is 72.1 Å². The van der Waals surface area contributed by atoms with E-state index in [2.05, 4.69) is 6.58 Å². The van der Waals surface area contributed by atoms with Crippen LogP contribution in [0.1, 0.15) is 30.4 Å². The first-order valence-corrected chi connectivity index (χ1v) is 10.8. The van der Waals surface area contributed by atoms with E-state index in [1.165, 1.54) is 4.31 Å². The largest absolute Gasteiger partial charge is 0.391 e. The van der Waals surface area contributed by atoms with Crippen molar-refractivity contribution in [2.75, 3.05) is 0 Å². The van der Waals surface area contributed by atoms with Gasteiger partial charge in [0.05, 0.1) is 17.0 Å². The summed E-state index contributed by atoms with van der Waals surface area (Å²) in [5, 5.41) is 10.7. The highest BCUT2D eigenvalue weighted by molar-refractivity contribution is 7.89.